The van der Waals surface area contributed by atoms with Crippen LogP contribution in [0.3, 0.4) is 0 Å². The van der Waals surface area contributed by atoms with E-state index in [2.05, 4.69) is 43.7 Å². The average Bonchev–Trinajstić information content (AvgIpc) is 2.40. The number of aryl methyl sites for hydroxylation is 1. The highest BCUT2D eigenvalue weighted by atomic mass is 14.0. The first-order valence-electron chi connectivity index (χ1n) is 6.94. The van der Waals surface area contributed by atoms with Crippen LogP contribution in [-0.4, -0.2) is 0 Å². The molecule has 1 aromatic carbocycles. The normalized spacial score (nSPS) is 9.90. The van der Waals surface area contributed by atoms with Gasteiger partial charge in [-0.3, -0.25) is 0 Å². The van der Waals surface area contributed by atoms with Crippen LogP contribution in [0.4, 0.5) is 0 Å². The molecule has 0 radical (unpaired) electrons. The molecule has 0 amide bonds. The fourth-order valence-corrected chi connectivity index (χ4v) is 1.81. The Morgan fingerprint density at radius 2 is 1.70 bits per heavy atom. The van der Waals surface area contributed by atoms with Crippen LogP contribution < -0.4 is 0 Å². The molecular weight excluding hydrogens is 240 g/mol. The Hall–Kier alpha value is -2.00. The first-order valence-corrected chi connectivity index (χ1v) is 6.94. The largest absolute Gasteiger partial charge is 0.115 e. The molecule has 0 heterocycles. The lowest BCUT2D eigenvalue weighted by Crippen LogP contribution is -1.85. The SMILES string of the molecule is C#CC(=C(C)C)/C(C)=C\C(=C)C.CCc1ccccc1. The molecule has 0 saturated heterocycles. The lowest BCUT2D eigenvalue weighted by atomic mass is 10.0. The zero-order chi connectivity index (χ0) is 15.5. The topological polar surface area (TPSA) is 0 Å². The summed E-state index contributed by atoms with van der Waals surface area (Å²) >= 11 is 0. The molecule has 0 saturated carbocycles. The number of benzene rings is 1. The Morgan fingerprint density at radius 1 is 1.15 bits per heavy atom. The van der Waals surface area contributed by atoms with Crippen LogP contribution in [0, 0.1) is 12.3 Å². The first kappa shape index (κ1) is 18.0. The van der Waals surface area contributed by atoms with E-state index in [1.54, 1.807) is 0 Å². The number of rotatable bonds is 3. The van der Waals surface area contributed by atoms with Crippen LogP contribution in [0.25, 0.3) is 0 Å². The van der Waals surface area contributed by atoms with Crippen LogP contribution in [0.2, 0.25) is 0 Å². The molecule has 0 spiro atoms. The summed E-state index contributed by atoms with van der Waals surface area (Å²) in [6.07, 6.45) is 8.51. The minimum Gasteiger partial charge on any atom is -0.115 e. The van der Waals surface area contributed by atoms with Crippen molar-refractivity contribution in [1.82, 2.24) is 0 Å². The fourth-order valence-electron chi connectivity index (χ4n) is 1.81. The number of hydrogen-bond donors (Lipinski definition) is 0. The molecule has 0 unspecified atom stereocenters. The lowest BCUT2D eigenvalue weighted by molar-refractivity contribution is 1.14. The molecular formula is C20H26. The van der Waals surface area contributed by atoms with Gasteiger partial charge in [-0.05, 0) is 45.3 Å². The Labute approximate surface area is 124 Å². The highest BCUT2D eigenvalue weighted by Crippen LogP contribution is 2.14. The lowest BCUT2D eigenvalue weighted by Gasteiger charge is -2.02. The van der Waals surface area contributed by atoms with Crippen molar-refractivity contribution in [2.24, 2.45) is 0 Å². The predicted octanol–water partition coefficient (Wildman–Crippen LogP) is 5.73. The molecule has 106 valence electrons. The summed E-state index contributed by atoms with van der Waals surface area (Å²) in [5, 5.41) is 0. The second kappa shape index (κ2) is 9.87. The van der Waals surface area contributed by atoms with E-state index in [1.807, 2.05) is 39.8 Å². The van der Waals surface area contributed by atoms with Crippen molar-refractivity contribution in [3.8, 4) is 12.3 Å². The van der Waals surface area contributed by atoms with E-state index in [4.69, 9.17) is 6.42 Å². The highest BCUT2D eigenvalue weighted by molar-refractivity contribution is 5.47. The molecule has 0 aromatic heterocycles. The third kappa shape index (κ3) is 7.44. The summed E-state index contributed by atoms with van der Waals surface area (Å²) in [6.45, 7) is 14.0. The molecule has 0 aliphatic carbocycles. The van der Waals surface area contributed by atoms with Gasteiger partial charge in [0, 0.05) is 5.57 Å². The van der Waals surface area contributed by atoms with Crippen molar-refractivity contribution in [3.63, 3.8) is 0 Å². The Bertz CT molecular complexity index is 515. The summed E-state index contributed by atoms with van der Waals surface area (Å²) in [5.41, 5.74) is 5.71. The minimum absolute atomic E-state index is 0.984. The van der Waals surface area contributed by atoms with E-state index in [9.17, 15) is 0 Å². The molecule has 0 fully saturated rings. The smallest absolute Gasteiger partial charge is 0.0258 e. The van der Waals surface area contributed by atoms with Crippen molar-refractivity contribution in [2.75, 3.05) is 0 Å². The molecule has 0 N–H and O–H groups in total. The second-order valence-electron chi connectivity index (χ2n) is 5.03. The van der Waals surface area contributed by atoms with Gasteiger partial charge < -0.3 is 0 Å². The summed E-state index contributed by atoms with van der Waals surface area (Å²) in [7, 11) is 0. The summed E-state index contributed by atoms with van der Waals surface area (Å²) < 4.78 is 0. The monoisotopic (exact) mass is 266 g/mol. The standard InChI is InChI=1S/C12H16.C8H10/c1-7-12(10(4)5)11(6)8-9(2)3;1-2-8-6-4-3-5-7-8/h1,8H,2H2,3-6H3;3-7H,2H2,1H3/b11-8-;. The van der Waals surface area contributed by atoms with E-state index in [-0.39, 0.29) is 0 Å². The van der Waals surface area contributed by atoms with Gasteiger partial charge in [-0.2, -0.15) is 0 Å². The molecule has 0 aliphatic rings. The summed E-state index contributed by atoms with van der Waals surface area (Å²) in [5.74, 6) is 2.68. The maximum Gasteiger partial charge on any atom is 0.0258 e. The van der Waals surface area contributed by atoms with Crippen LogP contribution in [0.15, 0.2) is 65.3 Å². The number of allylic oxidation sites excluding steroid dienone is 5. The molecule has 1 rings (SSSR count). The zero-order valence-electron chi connectivity index (χ0n) is 13.5. The van der Waals surface area contributed by atoms with Crippen molar-refractivity contribution < 1.29 is 0 Å². The molecule has 0 nitrogen and oxygen atoms in total. The second-order valence-corrected chi connectivity index (χ2v) is 5.03. The van der Waals surface area contributed by atoms with E-state index >= 15 is 0 Å². The van der Waals surface area contributed by atoms with Gasteiger partial charge in [-0.25, -0.2) is 0 Å². The Kier molecular flexibility index (Phi) is 8.88. The fraction of sp³-hybridized carbons (Fsp3) is 0.300. The first-order chi connectivity index (χ1) is 9.42. The van der Waals surface area contributed by atoms with Crippen LogP contribution in [0.5, 0.6) is 0 Å². The van der Waals surface area contributed by atoms with Crippen molar-refractivity contribution in [1.29, 1.82) is 0 Å². The molecule has 1 aromatic rings. The van der Waals surface area contributed by atoms with Crippen molar-refractivity contribution in [3.05, 3.63) is 70.8 Å². The Morgan fingerprint density at radius 3 is 2.00 bits per heavy atom. The van der Waals surface area contributed by atoms with Gasteiger partial charge in [-0.15, -0.1) is 6.42 Å². The quantitative estimate of drug-likeness (QED) is 0.484. The number of hydrogen-bond acceptors (Lipinski definition) is 0. The van der Waals surface area contributed by atoms with E-state index in [0.717, 1.165) is 23.1 Å². The third-order valence-electron chi connectivity index (χ3n) is 2.75. The number of terminal acetylenes is 1. The average molecular weight is 266 g/mol. The van der Waals surface area contributed by atoms with E-state index in [1.165, 1.54) is 11.1 Å². The highest BCUT2D eigenvalue weighted by Gasteiger charge is 1.97. The third-order valence-corrected chi connectivity index (χ3v) is 2.75. The van der Waals surface area contributed by atoms with Gasteiger partial charge in [0.05, 0.1) is 0 Å². The minimum atomic E-state index is 0.984. The van der Waals surface area contributed by atoms with Gasteiger partial charge in [0.1, 0.15) is 0 Å². The predicted molar refractivity (Wildman–Crippen MR) is 91.6 cm³/mol. The summed E-state index contributed by atoms with van der Waals surface area (Å²) in [4.78, 5) is 0. The Balaban J connectivity index is 0.000000388. The van der Waals surface area contributed by atoms with Crippen molar-refractivity contribution >= 4 is 0 Å². The summed E-state index contributed by atoms with van der Waals surface area (Å²) in [6, 6.07) is 10.5. The van der Waals surface area contributed by atoms with Crippen LogP contribution >= 0.6 is 0 Å². The van der Waals surface area contributed by atoms with E-state index in [0.29, 0.717) is 0 Å². The molecule has 0 aliphatic heterocycles. The van der Waals surface area contributed by atoms with E-state index < -0.39 is 0 Å². The van der Waals surface area contributed by atoms with Crippen molar-refractivity contribution in [2.45, 2.75) is 41.0 Å². The molecule has 0 bridgehead atoms. The zero-order valence-corrected chi connectivity index (χ0v) is 13.5. The van der Waals surface area contributed by atoms with Crippen LogP contribution in [0.1, 0.15) is 40.2 Å². The van der Waals surface area contributed by atoms with Gasteiger partial charge >= 0.3 is 0 Å². The maximum atomic E-state index is 5.37. The molecule has 0 heteroatoms. The van der Waals surface area contributed by atoms with Gasteiger partial charge in [0.25, 0.3) is 0 Å². The molecule has 20 heavy (non-hydrogen) atoms. The van der Waals surface area contributed by atoms with Gasteiger partial charge in [-0.1, -0.05) is 67.0 Å². The maximum absolute atomic E-state index is 5.37. The molecule has 0 atom stereocenters. The van der Waals surface area contributed by atoms with Gasteiger partial charge in [0.15, 0.2) is 0 Å². The van der Waals surface area contributed by atoms with Gasteiger partial charge in [0.2, 0.25) is 0 Å². The van der Waals surface area contributed by atoms with Crippen LogP contribution in [-0.2, 0) is 6.42 Å².